The summed E-state index contributed by atoms with van der Waals surface area (Å²) < 4.78 is 0. The summed E-state index contributed by atoms with van der Waals surface area (Å²) in [6, 6.07) is 6.40. The second-order valence-electron chi connectivity index (χ2n) is 4.42. The van der Waals surface area contributed by atoms with Crippen molar-refractivity contribution in [3.63, 3.8) is 0 Å². The molecule has 1 atom stereocenters. The maximum Gasteiger partial charge on any atom is 0.269 e. The smallest absolute Gasteiger partial charge is 0.269 e. The van der Waals surface area contributed by atoms with Crippen molar-refractivity contribution < 1.29 is 4.92 Å². The van der Waals surface area contributed by atoms with Crippen LogP contribution in [0.3, 0.4) is 0 Å². The first-order valence-corrected chi connectivity index (χ1v) is 6.72. The van der Waals surface area contributed by atoms with Gasteiger partial charge in [0, 0.05) is 23.1 Å². The number of nitrogens with zero attached hydrogens (tertiary/aromatic N) is 2. The minimum atomic E-state index is -0.402. The summed E-state index contributed by atoms with van der Waals surface area (Å²) in [4.78, 5) is 15.6. The van der Waals surface area contributed by atoms with E-state index in [9.17, 15) is 10.1 Å². The topological polar surface area (TPSA) is 82.0 Å². The standard InChI is InChI=1S/C13H15N3O2S/c1-8-13(19-9(2)15-8)12(14)7-10-3-5-11(6-4-10)16(17)18/h3-6,12H,7,14H2,1-2H3. The average Bonchev–Trinajstić information content (AvgIpc) is 2.69. The Morgan fingerprint density at radius 3 is 2.47 bits per heavy atom. The first-order valence-electron chi connectivity index (χ1n) is 5.90. The number of nitro groups is 1. The number of hydrogen-bond acceptors (Lipinski definition) is 5. The van der Waals surface area contributed by atoms with E-state index in [2.05, 4.69) is 4.98 Å². The van der Waals surface area contributed by atoms with Crippen LogP contribution in [-0.2, 0) is 6.42 Å². The lowest BCUT2D eigenvalue weighted by molar-refractivity contribution is -0.384. The first-order chi connectivity index (χ1) is 8.97. The summed E-state index contributed by atoms with van der Waals surface area (Å²) in [6.07, 6.45) is 0.653. The fraction of sp³-hybridized carbons (Fsp3) is 0.308. The Morgan fingerprint density at radius 1 is 1.37 bits per heavy atom. The highest BCUT2D eigenvalue weighted by atomic mass is 32.1. The van der Waals surface area contributed by atoms with E-state index >= 15 is 0 Å². The number of benzene rings is 1. The van der Waals surface area contributed by atoms with Crippen LogP contribution in [0.5, 0.6) is 0 Å². The van der Waals surface area contributed by atoms with Crippen molar-refractivity contribution in [3.8, 4) is 0 Å². The number of rotatable bonds is 4. The summed E-state index contributed by atoms with van der Waals surface area (Å²) >= 11 is 1.61. The molecule has 0 bridgehead atoms. The van der Waals surface area contributed by atoms with Crippen LogP contribution in [0.2, 0.25) is 0 Å². The van der Waals surface area contributed by atoms with Crippen LogP contribution in [-0.4, -0.2) is 9.91 Å². The molecule has 0 aliphatic carbocycles. The summed E-state index contributed by atoms with van der Waals surface area (Å²) in [5.41, 5.74) is 8.23. The van der Waals surface area contributed by atoms with Gasteiger partial charge in [-0.3, -0.25) is 10.1 Å². The van der Waals surface area contributed by atoms with E-state index in [0.717, 1.165) is 21.1 Å². The zero-order chi connectivity index (χ0) is 14.0. The van der Waals surface area contributed by atoms with Gasteiger partial charge in [0.25, 0.3) is 5.69 Å². The summed E-state index contributed by atoms with van der Waals surface area (Å²) in [7, 11) is 0. The highest BCUT2D eigenvalue weighted by molar-refractivity contribution is 7.11. The third kappa shape index (κ3) is 3.15. The first kappa shape index (κ1) is 13.6. The van der Waals surface area contributed by atoms with Crippen LogP contribution >= 0.6 is 11.3 Å². The average molecular weight is 277 g/mol. The van der Waals surface area contributed by atoms with Gasteiger partial charge in [0.05, 0.1) is 15.6 Å². The molecule has 6 heteroatoms. The van der Waals surface area contributed by atoms with E-state index in [1.165, 1.54) is 12.1 Å². The van der Waals surface area contributed by atoms with Crippen molar-refractivity contribution in [2.75, 3.05) is 0 Å². The molecule has 1 aromatic heterocycles. The van der Waals surface area contributed by atoms with Gasteiger partial charge in [-0.1, -0.05) is 12.1 Å². The van der Waals surface area contributed by atoms with Crippen molar-refractivity contribution >= 4 is 17.0 Å². The largest absolute Gasteiger partial charge is 0.323 e. The minimum Gasteiger partial charge on any atom is -0.323 e. The summed E-state index contributed by atoms with van der Waals surface area (Å²) in [5, 5.41) is 11.6. The molecule has 0 radical (unpaired) electrons. The minimum absolute atomic E-state index is 0.0992. The molecule has 1 heterocycles. The van der Waals surface area contributed by atoms with E-state index in [4.69, 9.17) is 5.73 Å². The second kappa shape index (κ2) is 5.46. The number of non-ortho nitro benzene ring substituents is 1. The normalized spacial score (nSPS) is 12.4. The van der Waals surface area contributed by atoms with Gasteiger partial charge in [-0.15, -0.1) is 11.3 Å². The molecule has 100 valence electrons. The van der Waals surface area contributed by atoms with Gasteiger partial charge < -0.3 is 5.73 Å². The Balaban J connectivity index is 2.12. The molecule has 2 N–H and O–H groups in total. The third-order valence-electron chi connectivity index (χ3n) is 2.88. The van der Waals surface area contributed by atoms with E-state index in [1.807, 2.05) is 13.8 Å². The van der Waals surface area contributed by atoms with Crippen molar-refractivity contribution in [2.45, 2.75) is 26.3 Å². The molecule has 0 saturated carbocycles. The lowest BCUT2D eigenvalue weighted by Crippen LogP contribution is -2.13. The number of thiazole rings is 1. The molecule has 0 aliphatic heterocycles. The van der Waals surface area contributed by atoms with E-state index in [1.54, 1.807) is 23.5 Å². The second-order valence-corrected chi connectivity index (χ2v) is 5.65. The molecule has 0 saturated heterocycles. The van der Waals surface area contributed by atoms with Gasteiger partial charge in [0.1, 0.15) is 0 Å². The number of aromatic nitrogens is 1. The van der Waals surface area contributed by atoms with Crippen LogP contribution in [0.15, 0.2) is 24.3 Å². The van der Waals surface area contributed by atoms with Crippen LogP contribution in [0.4, 0.5) is 5.69 Å². The van der Waals surface area contributed by atoms with Gasteiger partial charge in [-0.25, -0.2) is 4.98 Å². The van der Waals surface area contributed by atoms with Gasteiger partial charge in [0.2, 0.25) is 0 Å². The summed E-state index contributed by atoms with van der Waals surface area (Å²) in [5.74, 6) is 0. The molecule has 19 heavy (non-hydrogen) atoms. The molecule has 2 aromatic rings. The fourth-order valence-electron chi connectivity index (χ4n) is 1.99. The van der Waals surface area contributed by atoms with E-state index in [-0.39, 0.29) is 11.7 Å². The van der Waals surface area contributed by atoms with E-state index < -0.39 is 4.92 Å². The number of nitrogens with two attached hydrogens (primary N) is 1. The monoisotopic (exact) mass is 277 g/mol. The molecule has 0 fully saturated rings. The number of nitro benzene ring substituents is 1. The highest BCUT2D eigenvalue weighted by Crippen LogP contribution is 2.26. The third-order valence-corrected chi connectivity index (χ3v) is 4.08. The Hall–Kier alpha value is -1.79. The van der Waals surface area contributed by atoms with Crippen LogP contribution in [0.1, 0.15) is 27.2 Å². The molecule has 1 aromatic carbocycles. The number of hydrogen-bond donors (Lipinski definition) is 1. The lowest BCUT2D eigenvalue weighted by atomic mass is 10.0. The molecule has 0 spiro atoms. The zero-order valence-corrected chi connectivity index (χ0v) is 11.6. The molecule has 0 amide bonds. The van der Waals surface area contributed by atoms with Gasteiger partial charge in [-0.05, 0) is 25.8 Å². The molecule has 0 aliphatic rings. The lowest BCUT2D eigenvalue weighted by Gasteiger charge is -2.10. The molecular weight excluding hydrogens is 262 g/mol. The summed E-state index contributed by atoms with van der Waals surface area (Å²) in [6.45, 7) is 3.91. The van der Waals surface area contributed by atoms with Crippen molar-refractivity contribution in [2.24, 2.45) is 5.73 Å². The van der Waals surface area contributed by atoms with Gasteiger partial charge >= 0.3 is 0 Å². The van der Waals surface area contributed by atoms with Crippen molar-refractivity contribution in [1.29, 1.82) is 0 Å². The van der Waals surface area contributed by atoms with Crippen LogP contribution in [0.25, 0.3) is 0 Å². The maximum absolute atomic E-state index is 10.6. The Kier molecular flexibility index (Phi) is 3.92. The van der Waals surface area contributed by atoms with Crippen LogP contribution < -0.4 is 5.73 Å². The fourth-order valence-corrected chi connectivity index (χ4v) is 2.92. The Morgan fingerprint density at radius 2 is 2.00 bits per heavy atom. The van der Waals surface area contributed by atoms with E-state index in [0.29, 0.717) is 6.42 Å². The predicted molar refractivity (Wildman–Crippen MR) is 75.3 cm³/mol. The number of aryl methyl sites for hydroxylation is 2. The maximum atomic E-state index is 10.6. The van der Waals surface area contributed by atoms with Crippen molar-refractivity contribution in [3.05, 3.63) is 55.5 Å². The molecule has 5 nitrogen and oxygen atoms in total. The Labute approximate surface area is 115 Å². The quantitative estimate of drug-likeness (QED) is 0.688. The highest BCUT2D eigenvalue weighted by Gasteiger charge is 2.14. The zero-order valence-electron chi connectivity index (χ0n) is 10.8. The Bertz CT molecular complexity index is 592. The molecule has 2 rings (SSSR count). The molecule has 1 unspecified atom stereocenters. The van der Waals surface area contributed by atoms with Gasteiger partial charge in [-0.2, -0.15) is 0 Å². The van der Waals surface area contributed by atoms with Gasteiger partial charge in [0.15, 0.2) is 0 Å². The predicted octanol–water partition coefficient (Wildman–Crippen LogP) is 2.91. The SMILES string of the molecule is Cc1nc(C)c(C(N)Cc2ccc([N+](=O)[O-])cc2)s1. The van der Waals surface area contributed by atoms with Crippen molar-refractivity contribution in [1.82, 2.24) is 4.98 Å². The molecular formula is C13H15N3O2S. The van der Waals surface area contributed by atoms with Crippen LogP contribution in [0, 0.1) is 24.0 Å².